The molecule has 1 heterocycles. The Kier molecular flexibility index (Phi) is 3.42. The lowest BCUT2D eigenvalue weighted by Gasteiger charge is -2.20. The van der Waals surface area contributed by atoms with Gasteiger partial charge in [0.1, 0.15) is 5.52 Å². The van der Waals surface area contributed by atoms with Crippen LogP contribution >= 0.6 is 0 Å². The normalized spacial score (nSPS) is 23.1. The van der Waals surface area contributed by atoms with Crippen LogP contribution in [0.4, 0.5) is 5.69 Å². The molecular formula is C15H21N3O. The van der Waals surface area contributed by atoms with Crippen molar-refractivity contribution in [3.63, 3.8) is 0 Å². The van der Waals surface area contributed by atoms with Crippen LogP contribution < -0.4 is 11.1 Å². The van der Waals surface area contributed by atoms with Crippen molar-refractivity contribution in [2.24, 2.45) is 11.7 Å². The Morgan fingerprint density at radius 2 is 2.32 bits per heavy atom. The number of fused-ring (bicyclic) bond motifs is 1. The van der Waals surface area contributed by atoms with Gasteiger partial charge in [0.15, 0.2) is 11.5 Å². The number of oxazole rings is 1. The highest BCUT2D eigenvalue weighted by molar-refractivity contribution is 5.77. The summed E-state index contributed by atoms with van der Waals surface area (Å²) in [5.41, 5.74) is 8.74. The van der Waals surface area contributed by atoms with E-state index in [0.29, 0.717) is 12.0 Å². The topological polar surface area (TPSA) is 64.1 Å². The summed E-state index contributed by atoms with van der Waals surface area (Å²) in [6.07, 6.45) is 4.54. The second-order valence-corrected chi connectivity index (χ2v) is 5.32. The molecule has 0 amide bonds. The number of hydrogen-bond acceptors (Lipinski definition) is 4. The van der Waals surface area contributed by atoms with E-state index in [-0.39, 0.29) is 0 Å². The third-order valence-corrected chi connectivity index (χ3v) is 4.05. The van der Waals surface area contributed by atoms with Gasteiger partial charge in [-0.1, -0.05) is 13.3 Å². The van der Waals surface area contributed by atoms with Gasteiger partial charge in [0.2, 0.25) is 0 Å². The van der Waals surface area contributed by atoms with Crippen LogP contribution in [0.15, 0.2) is 22.6 Å². The molecule has 0 saturated heterocycles. The van der Waals surface area contributed by atoms with E-state index in [9.17, 15) is 0 Å². The predicted molar refractivity (Wildman–Crippen MR) is 77.2 cm³/mol. The van der Waals surface area contributed by atoms with E-state index in [2.05, 4.69) is 22.4 Å². The van der Waals surface area contributed by atoms with Crippen LogP contribution in [0, 0.1) is 5.92 Å². The van der Waals surface area contributed by atoms with E-state index in [1.807, 2.05) is 13.0 Å². The highest BCUT2D eigenvalue weighted by Gasteiger charge is 2.25. The molecule has 102 valence electrons. The van der Waals surface area contributed by atoms with Crippen molar-refractivity contribution in [2.45, 2.75) is 38.6 Å². The van der Waals surface area contributed by atoms with E-state index < -0.39 is 0 Å². The van der Waals surface area contributed by atoms with Crippen molar-refractivity contribution in [1.82, 2.24) is 4.98 Å². The third-order valence-electron chi connectivity index (χ3n) is 4.05. The van der Waals surface area contributed by atoms with Crippen molar-refractivity contribution < 1.29 is 4.42 Å². The monoisotopic (exact) mass is 259 g/mol. The van der Waals surface area contributed by atoms with Gasteiger partial charge in [-0.15, -0.1) is 0 Å². The van der Waals surface area contributed by atoms with Gasteiger partial charge in [-0.05, 0) is 43.5 Å². The van der Waals surface area contributed by atoms with Crippen LogP contribution in [0.5, 0.6) is 0 Å². The van der Waals surface area contributed by atoms with Crippen LogP contribution in [0.2, 0.25) is 0 Å². The van der Waals surface area contributed by atoms with Crippen molar-refractivity contribution in [1.29, 1.82) is 0 Å². The maximum absolute atomic E-state index is 5.82. The molecule has 19 heavy (non-hydrogen) atoms. The molecule has 1 aromatic carbocycles. The first-order valence-corrected chi connectivity index (χ1v) is 7.16. The van der Waals surface area contributed by atoms with Gasteiger partial charge in [-0.2, -0.15) is 0 Å². The van der Waals surface area contributed by atoms with Gasteiger partial charge in [0, 0.05) is 18.2 Å². The Hall–Kier alpha value is -1.55. The summed E-state index contributed by atoms with van der Waals surface area (Å²) < 4.78 is 5.63. The predicted octanol–water partition coefficient (Wildman–Crippen LogP) is 2.93. The van der Waals surface area contributed by atoms with Crippen molar-refractivity contribution in [3.05, 3.63) is 24.1 Å². The summed E-state index contributed by atoms with van der Waals surface area (Å²) in [7, 11) is 0. The summed E-state index contributed by atoms with van der Waals surface area (Å²) >= 11 is 0. The van der Waals surface area contributed by atoms with Gasteiger partial charge in [-0.25, -0.2) is 4.98 Å². The number of aryl methyl sites for hydroxylation is 1. The van der Waals surface area contributed by atoms with Crippen LogP contribution in [-0.4, -0.2) is 17.6 Å². The van der Waals surface area contributed by atoms with Crippen molar-refractivity contribution >= 4 is 16.8 Å². The Bertz CT molecular complexity index is 564. The summed E-state index contributed by atoms with van der Waals surface area (Å²) in [5.74, 6) is 1.40. The molecular weight excluding hydrogens is 238 g/mol. The minimum absolute atomic E-state index is 0.500. The molecule has 2 aromatic rings. The number of anilines is 1. The van der Waals surface area contributed by atoms with Crippen LogP contribution in [0.25, 0.3) is 11.1 Å². The molecule has 1 saturated carbocycles. The van der Waals surface area contributed by atoms with Gasteiger partial charge >= 0.3 is 0 Å². The van der Waals surface area contributed by atoms with E-state index >= 15 is 0 Å². The van der Waals surface area contributed by atoms with E-state index in [1.165, 1.54) is 19.3 Å². The quantitative estimate of drug-likeness (QED) is 0.886. The number of aromatic nitrogens is 1. The van der Waals surface area contributed by atoms with Gasteiger partial charge in [0.25, 0.3) is 0 Å². The highest BCUT2D eigenvalue weighted by Crippen LogP contribution is 2.29. The summed E-state index contributed by atoms with van der Waals surface area (Å²) in [4.78, 5) is 4.47. The molecule has 2 unspecified atom stereocenters. The number of rotatable bonds is 4. The lowest BCUT2D eigenvalue weighted by molar-refractivity contribution is 0.516. The second-order valence-electron chi connectivity index (χ2n) is 5.32. The van der Waals surface area contributed by atoms with Crippen molar-refractivity contribution in [2.75, 3.05) is 11.9 Å². The zero-order valence-electron chi connectivity index (χ0n) is 11.4. The van der Waals surface area contributed by atoms with Crippen LogP contribution in [0.1, 0.15) is 32.1 Å². The molecule has 0 bridgehead atoms. The zero-order chi connectivity index (χ0) is 13.2. The fraction of sp³-hybridized carbons (Fsp3) is 0.533. The lowest BCUT2D eigenvalue weighted by Crippen LogP contribution is -2.29. The summed E-state index contributed by atoms with van der Waals surface area (Å²) in [6, 6.07) is 6.64. The Labute approximate surface area is 113 Å². The largest absolute Gasteiger partial charge is 0.441 e. The first-order chi connectivity index (χ1) is 9.30. The highest BCUT2D eigenvalue weighted by atomic mass is 16.3. The Morgan fingerprint density at radius 3 is 3.11 bits per heavy atom. The SMILES string of the molecule is CCc1nc2cc(NC3CCCC3CN)ccc2o1. The van der Waals surface area contributed by atoms with Crippen molar-refractivity contribution in [3.8, 4) is 0 Å². The molecule has 0 spiro atoms. The number of nitrogens with zero attached hydrogens (tertiary/aromatic N) is 1. The second kappa shape index (κ2) is 5.21. The number of nitrogens with two attached hydrogens (primary N) is 1. The molecule has 4 heteroatoms. The standard InChI is InChI=1S/C15H21N3O/c1-2-15-18-13-8-11(6-7-14(13)19-15)17-12-5-3-4-10(12)9-16/h6-8,10,12,17H,2-5,9,16H2,1H3. The molecule has 4 nitrogen and oxygen atoms in total. The zero-order valence-corrected chi connectivity index (χ0v) is 11.4. The molecule has 0 radical (unpaired) electrons. The molecule has 1 aliphatic rings. The molecule has 1 fully saturated rings. The molecule has 1 aromatic heterocycles. The van der Waals surface area contributed by atoms with Crippen LogP contribution in [0.3, 0.4) is 0 Å². The van der Waals surface area contributed by atoms with E-state index in [4.69, 9.17) is 10.2 Å². The lowest BCUT2D eigenvalue weighted by atomic mass is 10.0. The van der Waals surface area contributed by atoms with Gasteiger partial charge in [0.05, 0.1) is 0 Å². The van der Waals surface area contributed by atoms with Crippen LogP contribution in [-0.2, 0) is 6.42 Å². The molecule has 2 atom stereocenters. The minimum atomic E-state index is 0.500. The third kappa shape index (κ3) is 2.45. The Morgan fingerprint density at radius 1 is 1.42 bits per heavy atom. The first kappa shape index (κ1) is 12.5. The smallest absolute Gasteiger partial charge is 0.195 e. The average Bonchev–Trinajstić information content (AvgIpc) is 3.03. The summed E-state index contributed by atoms with van der Waals surface area (Å²) in [5, 5.41) is 3.60. The number of hydrogen-bond donors (Lipinski definition) is 2. The maximum Gasteiger partial charge on any atom is 0.195 e. The van der Waals surface area contributed by atoms with E-state index in [1.54, 1.807) is 0 Å². The molecule has 0 aliphatic heterocycles. The van der Waals surface area contributed by atoms with Gasteiger partial charge < -0.3 is 15.5 Å². The fourth-order valence-corrected chi connectivity index (χ4v) is 2.94. The molecule has 1 aliphatic carbocycles. The number of benzene rings is 1. The van der Waals surface area contributed by atoms with E-state index in [0.717, 1.165) is 35.6 Å². The fourth-order valence-electron chi connectivity index (χ4n) is 2.94. The first-order valence-electron chi connectivity index (χ1n) is 7.16. The molecule has 3 N–H and O–H groups in total. The molecule has 3 rings (SSSR count). The minimum Gasteiger partial charge on any atom is -0.441 e. The Balaban J connectivity index is 1.81. The average molecular weight is 259 g/mol. The summed E-state index contributed by atoms with van der Waals surface area (Å²) in [6.45, 7) is 2.82. The number of nitrogens with one attached hydrogen (secondary N) is 1. The maximum atomic E-state index is 5.82. The van der Waals surface area contributed by atoms with Gasteiger partial charge in [-0.3, -0.25) is 0 Å².